The summed E-state index contributed by atoms with van der Waals surface area (Å²) in [6.45, 7) is 8.67. The lowest BCUT2D eigenvalue weighted by Crippen LogP contribution is -2.73. The minimum atomic E-state index is -0.175. The summed E-state index contributed by atoms with van der Waals surface area (Å²) >= 11 is 0. The summed E-state index contributed by atoms with van der Waals surface area (Å²) in [6, 6.07) is 14.1. The molecular weight excluding hydrogens is 324 g/mol. The van der Waals surface area contributed by atoms with Gasteiger partial charge in [0, 0.05) is 23.2 Å². The van der Waals surface area contributed by atoms with Gasteiger partial charge in [0.25, 0.3) is 0 Å². The minimum Gasteiger partial charge on any atom is -0.497 e. The lowest BCUT2D eigenvalue weighted by Gasteiger charge is -2.27. The van der Waals surface area contributed by atoms with Gasteiger partial charge < -0.3 is 20.1 Å². The van der Waals surface area contributed by atoms with Crippen molar-refractivity contribution >= 4 is 11.4 Å². The van der Waals surface area contributed by atoms with Crippen LogP contribution < -0.4 is 20.1 Å². The van der Waals surface area contributed by atoms with E-state index in [9.17, 15) is 0 Å². The van der Waals surface area contributed by atoms with Crippen molar-refractivity contribution in [2.45, 2.75) is 19.3 Å². The van der Waals surface area contributed by atoms with Gasteiger partial charge in [-0.25, -0.2) is 0 Å². The van der Waals surface area contributed by atoms with Crippen LogP contribution in [0.4, 0.5) is 11.4 Å². The Morgan fingerprint density at radius 2 is 1.85 bits per heavy atom. The van der Waals surface area contributed by atoms with Gasteiger partial charge in [0.15, 0.2) is 0 Å². The van der Waals surface area contributed by atoms with Crippen LogP contribution in [0.3, 0.4) is 0 Å². The third-order valence-corrected chi connectivity index (χ3v) is 4.68. The van der Waals surface area contributed by atoms with Crippen LogP contribution in [0.15, 0.2) is 66.9 Å². The second kappa shape index (κ2) is 8.59. The topological polar surface area (TPSA) is 47.1 Å². The number of ether oxygens (including phenoxy) is 2. The lowest BCUT2D eigenvalue weighted by atomic mass is 9.77. The van der Waals surface area contributed by atoms with Gasteiger partial charge in [0.1, 0.15) is 17.2 Å². The van der Waals surface area contributed by atoms with Crippen LogP contribution in [-0.2, 0) is 5.41 Å². The number of anilines is 1. The van der Waals surface area contributed by atoms with E-state index in [1.54, 1.807) is 14.2 Å². The molecule has 0 fully saturated rings. The van der Waals surface area contributed by atoms with Crippen LogP contribution in [0.25, 0.3) is 0 Å². The first kappa shape index (κ1) is 19.6. The van der Waals surface area contributed by atoms with Gasteiger partial charge in [-0.15, -0.1) is 0 Å². The number of rotatable bonds is 8. The molecule has 0 aliphatic carbocycles. The highest BCUT2D eigenvalue weighted by atomic mass is 16.5. The van der Waals surface area contributed by atoms with Crippen molar-refractivity contribution in [1.29, 1.82) is 0 Å². The van der Waals surface area contributed by atoms with E-state index in [2.05, 4.69) is 62.4 Å². The molecule has 4 heteroatoms. The summed E-state index contributed by atoms with van der Waals surface area (Å²) in [5.74, 6) is 1.49. The predicted octanol–water partition coefficient (Wildman–Crippen LogP) is 3.99. The van der Waals surface area contributed by atoms with E-state index in [0.717, 1.165) is 22.8 Å². The number of hydrogen-bond acceptors (Lipinski definition) is 3. The summed E-state index contributed by atoms with van der Waals surface area (Å²) < 4.78 is 10.6. The Morgan fingerprint density at radius 1 is 1.12 bits per heavy atom. The summed E-state index contributed by atoms with van der Waals surface area (Å²) in [6.07, 6.45) is 3.91. The predicted molar refractivity (Wildman–Crippen MR) is 108 cm³/mol. The normalized spacial score (nSPS) is 11.4. The molecule has 4 nitrogen and oxygen atoms in total. The van der Waals surface area contributed by atoms with Crippen LogP contribution >= 0.6 is 0 Å². The molecule has 3 N–H and O–H groups in total. The van der Waals surface area contributed by atoms with Gasteiger partial charge in [-0.2, -0.15) is 0 Å². The molecule has 2 rings (SSSR count). The molecule has 0 aliphatic rings. The number of nitrogens with two attached hydrogens (primary N) is 1. The van der Waals surface area contributed by atoms with E-state index in [1.165, 1.54) is 11.3 Å². The summed E-state index contributed by atoms with van der Waals surface area (Å²) in [7, 11) is 5.34. The van der Waals surface area contributed by atoms with Gasteiger partial charge in [-0.05, 0) is 29.8 Å². The largest absolute Gasteiger partial charge is 0.497 e. The molecule has 0 aliphatic heterocycles. The molecule has 0 heterocycles. The van der Waals surface area contributed by atoms with E-state index >= 15 is 0 Å². The van der Waals surface area contributed by atoms with E-state index in [-0.39, 0.29) is 5.41 Å². The SMILES string of the molecule is C=C(/C=C/Nc1ccc(OC)cc1OC)C(C)(C)c1ccccc1[NH2+]C. The smallest absolute Gasteiger partial charge is 0.145 e. The second-order valence-corrected chi connectivity index (χ2v) is 6.57. The Kier molecular flexibility index (Phi) is 6.47. The maximum absolute atomic E-state index is 5.41. The summed E-state index contributed by atoms with van der Waals surface area (Å²) in [5.41, 5.74) is 4.21. The average Bonchev–Trinajstić information content (AvgIpc) is 2.67. The first-order chi connectivity index (χ1) is 12.4. The van der Waals surface area contributed by atoms with E-state index in [1.807, 2.05) is 30.5 Å². The molecule has 0 bridgehead atoms. The van der Waals surface area contributed by atoms with Crippen LogP contribution in [0.5, 0.6) is 11.5 Å². The quantitative estimate of drug-likeness (QED) is 0.557. The Hall–Kier alpha value is -2.72. The van der Waals surface area contributed by atoms with Crippen molar-refractivity contribution in [1.82, 2.24) is 0 Å². The van der Waals surface area contributed by atoms with Crippen LogP contribution in [0.2, 0.25) is 0 Å². The van der Waals surface area contributed by atoms with E-state index in [4.69, 9.17) is 9.47 Å². The van der Waals surface area contributed by atoms with Gasteiger partial charge in [0.2, 0.25) is 0 Å². The molecule has 0 spiro atoms. The molecule has 138 valence electrons. The maximum atomic E-state index is 5.41. The van der Waals surface area contributed by atoms with E-state index in [0.29, 0.717) is 0 Å². The lowest BCUT2D eigenvalue weighted by molar-refractivity contribution is -0.540. The molecule has 2 aromatic rings. The van der Waals surface area contributed by atoms with Crippen molar-refractivity contribution in [3.05, 3.63) is 72.5 Å². The highest BCUT2D eigenvalue weighted by Crippen LogP contribution is 2.34. The monoisotopic (exact) mass is 353 g/mol. The first-order valence-electron chi connectivity index (χ1n) is 8.67. The Morgan fingerprint density at radius 3 is 2.50 bits per heavy atom. The fourth-order valence-electron chi connectivity index (χ4n) is 2.85. The molecule has 0 saturated heterocycles. The zero-order valence-corrected chi connectivity index (χ0v) is 16.3. The number of para-hydroxylation sites is 1. The van der Waals surface area contributed by atoms with Crippen molar-refractivity contribution in [3.63, 3.8) is 0 Å². The molecule has 0 aromatic heterocycles. The number of nitrogens with one attached hydrogen (secondary N) is 1. The van der Waals surface area contributed by atoms with Crippen molar-refractivity contribution in [3.8, 4) is 11.5 Å². The maximum Gasteiger partial charge on any atom is 0.145 e. The van der Waals surface area contributed by atoms with Crippen molar-refractivity contribution in [2.75, 3.05) is 26.6 Å². The third kappa shape index (κ3) is 4.27. The minimum absolute atomic E-state index is 0.175. The fourth-order valence-corrected chi connectivity index (χ4v) is 2.85. The second-order valence-electron chi connectivity index (χ2n) is 6.57. The van der Waals surface area contributed by atoms with Crippen molar-refractivity contribution < 1.29 is 14.8 Å². The Balaban J connectivity index is 2.16. The molecule has 26 heavy (non-hydrogen) atoms. The molecule has 2 aromatic carbocycles. The zero-order valence-electron chi connectivity index (χ0n) is 16.3. The summed E-state index contributed by atoms with van der Waals surface area (Å²) in [5, 5.41) is 5.40. The van der Waals surface area contributed by atoms with Crippen molar-refractivity contribution in [2.24, 2.45) is 0 Å². The van der Waals surface area contributed by atoms with Crippen LogP contribution in [-0.4, -0.2) is 21.3 Å². The third-order valence-electron chi connectivity index (χ3n) is 4.68. The highest BCUT2D eigenvalue weighted by molar-refractivity contribution is 5.61. The standard InChI is InChI=1S/C22H28N2O2/c1-16(22(2,3)18-9-7-8-10-19(18)23-4)13-14-24-20-12-11-17(25-5)15-21(20)26-6/h7-15,23-24H,1H2,2-6H3/p+1/b14-13+. The fraction of sp³-hybridized carbons (Fsp3) is 0.273. The highest BCUT2D eigenvalue weighted by Gasteiger charge is 2.26. The molecule has 0 saturated carbocycles. The zero-order chi connectivity index (χ0) is 19.2. The number of hydrogen-bond donors (Lipinski definition) is 2. The summed E-state index contributed by atoms with van der Waals surface area (Å²) in [4.78, 5) is 0. The number of quaternary nitrogens is 1. The average molecular weight is 353 g/mol. The molecule has 0 atom stereocenters. The molecule has 0 unspecified atom stereocenters. The van der Waals surface area contributed by atoms with Gasteiger partial charge in [-0.3, -0.25) is 0 Å². The van der Waals surface area contributed by atoms with E-state index < -0.39 is 0 Å². The van der Waals surface area contributed by atoms with Gasteiger partial charge in [0.05, 0.1) is 27.0 Å². The number of methoxy groups -OCH3 is 2. The Labute approximate surface area is 156 Å². The number of allylic oxidation sites excluding steroid dienone is 2. The molecule has 0 radical (unpaired) electrons. The Bertz CT molecular complexity index is 794. The molecular formula is C22H29N2O2+. The van der Waals surface area contributed by atoms with Gasteiger partial charge in [-0.1, -0.05) is 38.6 Å². The van der Waals surface area contributed by atoms with Crippen LogP contribution in [0.1, 0.15) is 19.4 Å². The van der Waals surface area contributed by atoms with Gasteiger partial charge >= 0.3 is 0 Å². The molecule has 0 amide bonds. The first-order valence-corrected chi connectivity index (χ1v) is 8.67. The van der Waals surface area contributed by atoms with Crippen LogP contribution in [0, 0.1) is 0 Å². The number of benzene rings is 2.